The van der Waals surface area contributed by atoms with Crippen LogP contribution in [0.1, 0.15) is 25.0 Å². The lowest BCUT2D eigenvalue weighted by Gasteiger charge is -2.13. The van der Waals surface area contributed by atoms with Crippen LogP contribution in [0.2, 0.25) is 0 Å². The Labute approximate surface area is 173 Å². The average molecular weight is 481 g/mol. The van der Waals surface area contributed by atoms with Crippen molar-refractivity contribution >= 4 is 40.4 Å². The first-order valence-electron chi connectivity index (χ1n) is 8.75. The predicted molar refractivity (Wildman–Crippen MR) is 117 cm³/mol. The molecule has 7 heteroatoms. The molecule has 2 N–H and O–H groups in total. The molecule has 0 saturated carbocycles. The van der Waals surface area contributed by atoms with Crippen LogP contribution in [-0.2, 0) is 4.79 Å². The second-order valence-corrected chi connectivity index (χ2v) is 6.87. The number of halogens is 1. The molecule has 0 heterocycles. The van der Waals surface area contributed by atoms with Crippen LogP contribution >= 0.6 is 22.6 Å². The third-order valence-corrected chi connectivity index (χ3v) is 4.33. The van der Waals surface area contributed by atoms with Crippen molar-refractivity contribution in [1.82, 2.24) is 5.43 Å². The Bertz CT molecular complexity index is 792. The number of nitrogens with one attached hydrogen (secondary N) is 2. The summed E-state index contributed by atoms with van der Waals surface area (Å²) in [5.74, 6) is 1.17. The summed E-state index contributed by atoms with van der Waals surface area (Å²) in [7, 11) is 0. The number of hydrogen-bond acceptors (Lipinski definition) is 5. The highest BCUT2D eigenvalue weighted by Gasteiger charge is 2.11. The first-order chi connectivity index (χ1) is 13.0. The van der Waals surface area contributed by atoms with Gasteiger partial charge in [0.15, 0.2) is 11.5 Å². The number of rotatable bonds is 9. The number of hydrogen-bond donors (Lipinski definition) is 2. The van der Waals surface area contributed by atoms with E-state index in [0.29, 0.717) is 19.0 Å². The molecule has 0 bridgehead atoms. The van der Waals surface area contributed by atoms with Gasteiger partial charge in [0, 0.05) is 5.69 Å². The minimum atomic E-state index is -0.225. The maximum absolute atomic E-state index is 11.9. The zero-order chi connectivity index (χ0) is 19.6. The van der Waals surface area contributed by atoms with Gasteiger partial charge >= 0.3 is 0 Å². The maximum Gasteiger partial charge on any atom is 0.259 e. The van der Waals surface area contributed by atoms with Crippen LogP contribution in [0.25, 0.3) is 0 Å². The van der Waals surface area contributed by atoms with Gasteiger partial charge in [-0.15, -0.1) is 0 Å². The molecule has 0 unspecified atom stereocenters. The largest absolute Gasteiger partial charge is 0.490 e. The van der Waals surface area contributed by atoms with Crippen LogP contribution in [0.5, 0.6) is 11.5 Å². The molecule has 27 heavy (non-hydrogen) atoms. The monoisotopic (exact) mass is 481 g/mol. The van der Waals surface area contributed by atoms with E-state index < -0.39 is 0 Å². The van der Waals surface area contributed by atoms with Crippen molar-refractivity contribution in [1.29, 1.82) is 0 Å². The highest BCUT2D eigenvalue weighted by molar-refractivity contribution is 14.1. The highest BCUT2D eigenvalue weighted by atomic mass is 127. The Balaban J connectivity index is 1.94. The summed E-state index contributed by atoms with van der Waals surface area (Å²) >= 11 is 2.20. The molecule has 0 spiro atoms. The summed E-state index contributed by atoms with van der Waals surface area (Å²) in [5, 5.41) is 7.07. The fourth-order valence-electron chi connectivity index (χ4n) is 2.28. The van der Waals surface area contributed by atoms with Crippen molar-refractivity contribution in [2.45, 2.75) is 20.8 Å². The van der Waals surface area contributed by atoms with Gasteiger partial charge in [0.1, 0.15) is 0 Å². The van der Waals surface area contributed by atoms with Crippen molar-refractivity contribution in [3.63, 3.8) is 0 Å². The molecule has 0 radical (unpaired) electrons. The number of anilines is 1. The molecule has 0 atom stereocenters. The molecular weight excluding hydrogens is 457 g/mol. The maximum atomic E-state index is 11.9. The molecule has 6 nitrogen and oxygen atoms in total. The number of aryl methyl sites for hydroxylation is 1. The topological polar surface area (TPSA) is 72.0 Å². The number of carbonyl (C=O) groups excluding carboxylic acids is 1. The van der Waals surface area contributed by atoms with Gasteiger partial charge in [-0.2, -0.15) is 5.10 Å². The fourth-order valence-corrected chi connectivity index (χ4v) is 3.06. The molecule has 2 aromatic carbocycles. The van der Waals surface area contributed by atoms with Gasteiger partial charge in [-0.1, -0.05) is 17.7 Å². The van der Waals surface area contributed by atoms with E-state index in [0.717, 1.165) is 20.6 Å². The smallest absolute Gasteiger partial charge is 0.259 e. The minimum Gasteiger partial charge on any atom is -0.490 e. The van der Waals surface area contributed by atoms with E-state index in [9.17, 15) is 4.79 Å². The van der Waals surface area contributed by atoms with E-state index in [2.05, 4.69) is 38.4 Å². The Hall–Kier alpha value is -2.29. The molecule has 0 aliphatic heterocycles. The highest BCUT2D eigenvalue weighted by Crippen LogP contribution is 2.33. The zero-order valence-electron chi connectivity index (χ0n) is 15.7. The first kappa shape index (κ1) is 21.0. The van der Waals surface area contributed by atoms with E-state index >= 15 is 0 Å². The predicted octanol–water partition coefficient (Wildman–Crippen LogP) is 3.96. The van der Waals surface area contributed by atoms with Gasteiger partial charge in [-0.05, 0) is 73.2 Å². The van der Waals surface area contributed by atoms with Crippen molar-refractivity contribution in [3.8, 4) is 11.5 Å². The lowest BCUT2D eigenvalue weighted by Crippen LogP contribution is -2.25. The minimum absolute atomic E-state index is 0.144. The molecule has 2 aromatic rings. The van der Waals surface area contributed by atoms with Gasteiger partial charge in [0.2, 0.25) is 0 Å². The van der Waals surface area contributed by atoms with Gasteiger partial charge < -0.3 is 14.8 Å². The molecule has 0 aliphatic carbocycles. The number of ether oxygens (including phenoxy) is 2. The number of carbonyl (C=O) groups is 1. The van der Waals surface area contributed by atoms with E-state index in [1.54, 1.807) is 6.21 Å². The molecule has 0 saturated heterocycles. The van der Waals surface area contributed by atoms with Crippen molar-refractivity contribution < 1.29 is 14.3 Å². The van der Waals surface area contributed by atoms with E-state index in [-0.39, 0.29) is 12.5 Å². The quantitative estimate of drug-likeness (QED) is 0.323. The molecule has 2 rings (SSSR count). The summed E-state index contributed by atoms with van der Waals surface area (Å²) in [6.45, 7) is 7.12. The van der Waals surface area contributed by atoms with E-state index in [1.807, 2.05) is 57.2 Å². The summed E-state index contributed by atoms with van der Waals surface area (Å²) in [4.78, 5) is 11.9. The first-order valence-corrected chi connectivity index (χ1v) is 9.83. The van der Waals surface area contributed by atoms with Gasteiger partial charge in [0.25, 0.3) is 5.91 Å². The normalized spacial score (nSPS) is 10.7. The summed E-state index contributed by atoms with van der Waals surface area (Å²) < 4.78 is 12.2. The third kappa shape index (κ3) is 6.74. The van der Waals surface area contributed by atoms with Crippen LogP contribution in [0.4, 0.5) is 5.69 Å². The molecule has 0 aromatic heterocycles. The Morgan fingerprint density at radius 2 is 1.85 bits per heavy atom. The van der Waals surface area contributed by atoms with Crippen LogP contribution in [0.15, 0.2) is 41.5 Å². The van der Waals surface area contributed by atoms with Crippen molar-refractivity contribution in [2.24, 2.45) is 5.10 Å². The number of nitrogens with zero attached hydrogens (tertiary/aromatic N) is 1. The van der Waals surface area contributed by atoms with E-state index in [1.165, 1.54) is 5.56 Å². The van der Waals surface area contributed by atoms with Crippen LogP contribution in [0, 0.1) is 10.5 Å². The Kier molecular flexibility index (Phi) is 8.38. The number of benzene rings is 2. The van der Waals surface area contributed by atoms with Gasteiger partial charge in [-0.25, -0.2) is 5.43 Å². The van der Waals surface area contributed by atoms with Crippen LogP contribution in [-0.4, -0.2) is 31.9 Å². The molecule has 0 aliphatic rings. The SMILES string of the molecule is CCOc1cc(/C=N\NC(=O)CNc2ccc(C)cc2)cc(I)c1OCC. The van der Waals surface area contributed by atoms with Crippen LogP contribution in [0.3, 0.4) is 0 Å². The van der Waals surface area contributed by atoms with Gasteiger partial charge in [0.05, 0.1) is 29.5 Å². The average Bonchev–Trinajstić information content (AvgIpc) is 2.64. The molecule has 1 amide bonds. The fraction of sp³-hybridized carbons (Fsp3) is 0.300. The second kappa shape index (κ2) is 10.8. The summed E-state index contributed by atoms with van der Waals surface area (Å²) in [6.07, 6.45) is 1.59. The zero-order valence-corrected chi connectivity index (χ0v) is 17.9. The summed E-state index contributed by atoms with van der Waals surface area (Å²) in [6, 6.07) is 11.6. The lowest BCUT2D eigenvalue weighted by atomic mass is 10.2. The lowest BCUT2D eigenvalue weighted by molar-refractivity contribution is -0.119. The van der Waals surface area contributed by atoms with Crippen molar-refractivity contribution in [3.05, 3.63) is 51.1 Å². The number of hydrazone groups is 1. The second-order valence-electron chi connectivity index (χ2n) is 5.71. The Morgan fingerprint density at radius 1 is 1.15 bits per heavy atom. The molecular formula is C20H24IN3O3. The van der Waals surface area contributed by atoms with Crippen LogP contribution < -0.4 is 20.2 Å². The van der Waals surface area contributed by atoms with Crippen molar-refractivity contribution in [2.75, 3.05) is 25.1 Å². The van der Waals surface area contributed by atoms with E-state index in [4.69, 9.17) is 9.47 Å². The number of amides is 1. The molecule has 0 fully saturated rings. The molecule has 144 valence electrons. The standard InChI is InChI=1S/C20H24IN3O3/c1-4-26-18-11-15(10-17(21)20(18)27-5-2)12-23-24-19(25)13-22-16-8-6-14(3)7-9-16/h6-12,22H,4-5,13H2,1-3H3,(H,24,25)/b23-12-. The summed E-state index contributed by atoms with van der Waals surface area (Å²) in [5.41, 5.74) is 5.40. The third-order valence-electron chi connectivity index (χ3n) is 3.53. The Morgan fingerprint density at radius 3 is 2.52 bits per heavy atom. The van der Waals surface area contributed by atoms with Gasteiger partial charge in [-0.3, -0.25) is 4.79 Å².